The molecule has 0 fully saturated rings. The normalized spacial score (nSPS) is 11.0. The van der Waals surface area contributed by atoms with Crippen molar-refractivity contribution in [2.24, 2.45) is 0 Å². The van der Waals surface area contributed by atoms with Crippen molar-refractivity contribution < 1.29 is 38.2 Å². The third-order valence-electron chi connectivity index (χ3n) is 4.21. The summed E-state index contributed by atoms with van der Waals surface area (Å²) in [5.74, 6) is -4.21. The van der Waals surface area contributed by atoms with E-state index in [9.17, 15) is 29.0 Å². The molecule has 1 aromatic carbocycles. The largest absolute Gasteiger partial charge is 0.492 e. The van der Waals surface area contributed by atoms with E-state index in [2.05, 4.69) is 4.98 Å². The zero-order valence-electron chi connectivity index (χ0n) is 16.5. The molecule has 0 spiro atoms. The Hall–Kier alpha value is -3.90. The SMILES string of the molecule is CC(=O)Oc1c(Cl)cc2cc(-c3ncc(CC(=O)On4c(O)ccc4O)s3)c(=O)oc2c1F. The van der Waals surface area contributed by atoms with Gasteiger partial charge in [-0.1, -0.05) is 11.6 Å². The van der Waals surface area contributed by atoms with Crippen molar-refractivity contribution >= 4 is 45.8 Å². The molecule has 0 unspecified atom stereocenters. The third-order valence-corrected chi connectivity index (χ3v) is 5.52. The van der Waals surface area contributed by atoms with E-state index in [1.54, 1.807) is 0 Å². The fourth-order valence-electron chi connectivity index (χ4n) is 2.85. The van der Waals surface area contributed by atoms with Crippen LogP contribution in [0.15, 0.2) is 39.7 Å². The average molecular weight is 495 g/mol. The summed E-state index contributed by atoms with van der Waals surface area (Å²) in [7, 11) is 0. The highest BCUT2D eigenvalue weighted by atomic mass is 35.5. The van der Waals surface area contributed by atoms with Crippen LogP contribution in [0.5, 0.6) is 17.5 Å². The first-order valence-corrected chi connectivity index (χ1v) is 10.2. The molecule has 0 aliphatic carbocycles. The quantitative estimate of drug-likeness (QED) is 0.243. The van der Waals surface area contributed by atoms with Crippen LogP contribution >= 0.6 is 22.9 Å². The van der Waals surface area contributed by atoms with Crippen LogP contribution in [0.1, 0.15) is 11.8 Å². The molecule has 0 amide bonds. The Morgan fingerprint density at radius 1 is 1.27 bits per heavy atom. The number of aromatic hydroxyl groups is 2. The molecule has 0 saturated carbocycles. The van der Waals surface area contributed by atoms with Gasteiger partial charge < -0.3 is 24.2 Å². The molecule has 4 rings (SSSR count). The Kier molecular flexibility index (Phi) is 5.78. The summed E-state index contributed by atoms with van der Waals surface area (Å²) >= 11 is 6.97. The molecular formula is C20H12ClFN2O8S. The van der Waals surface area contributed by atoms with Crippen molar-refractivity contribution in [3.8, 4) is 28.1 Å². The Labute approximate surface area is 191 Å². The second-order valence-corrected chi connectivity index (χ2v) is 8.10. The molecule has 0 atom stereocenters. The number of nitrogens with zero attached hydrogens (tertiary/aromatic N) is 2. The number of benzene rings is 1. The lowest BCUT2D eigenvalue weighted by Gasteiger charge is -2.08. The minimum Gasteiger partial charge on any atom is -0.492 e. The van der Waals surface area contributed by atoms with Gasteiger partial charge >= 0.3 is 17.6 Å². The third kappa shape index (κ3) is 4.38. The molecule has 3 aromatic heterocycles. The second-order valence-electron chi connectivity index (χ2n) is 6.58. The Balaban J connectivity index is 1.62. The highest BCUT2D eigenvalue weighted by Gasteiger charge is 2.21. The van der Waals surface area contributed by atoms with E-state index in [1.165, 1.54) is 18.3 Å². The monoisotopic (exact) mass is 494 g/mol. The van der Waals surface area contributed by atoms with Gasteiger partial charge in [-0.15, -0.1) is 16.1 Å². The highest BCUT2D eigenvalue weighted by molar-refractivity contribution is 7.15. The Morgan fingerprint density at radius 3 is 2.64 bits per heavy atom. The standard InChI is InChI=1S/C20H12ClFN2O8S/c1-8(25)30-18-12(21)5-9-4-11(20(29)31-17(9)16(18)22)19-23-7-10(33-19)6-15(28)32-24-13(26)2-3-14(24)27/h2-5,7,26-27H,6H2,1H3. The first kappa shape index (κ1) is 22.3. The number of esters is 1. The van der Waals surface area contributed by atoms with Gasteiger partial charge in [-0.25, -0.2) is 14.6 Å². The molecule has 2 N–H and O–H groups in total. The summed E-state index contributed by atoms with van der Waals surface area (Å²) in [6.07, 6.45) is 1.05. The summed E-state index contributed by atoms with van der Waals surface area (Å²) < 4.78 is 25.0. The molecule has 0 aliphatic heterocycles. The van der Waals surface area contributed by atoms with Gasteiger partial charge in [0.1, 0.15) is 5.01 Å². The van der Waals surface area contributed by atoms with Crippen LogP contribution < -0.4 is 15.2 Å². The van der Waals surface area contributed by atoms with Gasteiger partial charge in [-0.3, -0.25) is 4.79 Å². The van der Waals surface area contributed by atoms with E-state index in [4.69, 9.17) is 25.6 Å². The predicted molar refractivity (Wildman–Crippen MR) is 113 cm³/mol. The van der Waals surface area contributed by atoms with Gasteiger partial charge in [-0.2, -0.15) is 4.39 Å². The van der Waals surface area contributed by atoms with Crippen molar-refractivity contribution in [2.45, 2.75) is 13.3 Å². The fourth-order valence-corrected chi connectivity index (χ4v) is 3.99. The highest BCUT2D eigenvalue weighted by Crippen LogP contribution is 2.35. The van der Waals surface area contributed by atoms with Crippen LogP contribution in [0.25, 0.3) is 21.5 Å². The maximum atomic E-state index is 14.7. The van der Waals surface area contributed by atoms with Crippen LogP contribution in [0, 0.1) is 5.82 Å². The van der Waals surface area contributed by atoms with Gasteiger partial charge in [0.25, 0.3) is 0 Å². The molecule has 0 aliphatic rings. The van der Waals surface area contributed by atoms with E-state index in [0.717, 1.165) is 30.4 Å². The zero-order valence-corrected chi connectivity index (χ0v) is 18.1. The van der Waals surface area contributed by atoms with Crippen molar-refractivity contribution in [2.75, 3.05) is 0 Å². The number of hydrogen-bond acceptors (Lipinski definition) is 10. The fraction of sp³-hybridized carbons (Fsp3) is 0.100. The summed E-state index contributed by atoms with van der Waals surface area (Å²) in [6, 6.07) is 4.85. The smallest absolute Gasteiger partial charge is 0.346 e. The number of carbonyl (C=O) groups excluding carboxylic acids is 2. The minimum absolute atomic E-state index is 0.0106. The molecule has 0 saturated heterocycles. The van der Waals surface area contributed by atoms with E-state index in [0.29, 0.717) is 9.61 Å². The number of rotatable bonds is 5. The van der Waals surface area contributed by atoms with E-state index >= 15 is 0 Å². The number of halogens is 2. The Morgan fingerprint density at radius 2 is 1.97 bits per heavy atom. The molecule has 0 bridgehead atoms. The van der Waals surface area contributed by atoms with Gasteiger partial charge in [0.2, 0.25) is 17.6 Å². The molecule has 33 heavy (non-hydrogen) atoms. The summed E-state index contributed by atoms with van der Waals surface area (Å²) in [5, 5.41) is 19.2. The molecule has 0 radical (unpaired) electrons. The maximum Gasteiger partial charge on any atom is 0.346 e. The molecule has 170 valence electrons. The molecule has 4 aromatic rings. The molecular weight excluding hydrogens is 483 g/mol. The average Bonchev–Trinajstić information content (AvgIpc) is 3.33. The lowest BCUT2D eigenvalue weighted by Crippen LogP contribution is -2.20. The molecule has 3 heterocycles. The molecule has 13 heteroatoms. The van der Waals surface area contributed by atoms with Crippen molar-refractivity contribution in [3.63, 3.8) is 0 Å². The topological polar surface area (TPSA) is 141 Å². The van der Waals surface area contributed by atoms with Crippen LogP contribution in [0.3, 0.4) is 0 Å². The summed E-state index contributed by atoms with van der Waals surface area (Å²) in [5.41, 5.74) is -1.37. The van der Waals surface area contributed by atoms with E-state index < -0.39 is 46.5 Å². The number of carbonyl (C=O) groups is 2. The lowest BCUT2D eigenvalue weighted by molar-refractivity contribution is -0.144. The number of fused-ring (bicyclic) bond motifs is 1. The van der Waals surface area contributed by atoms with Crippen molar-refractivity contribution in [1.82, 2.24) is 9.71 Å². The summed E-state index contributed by atoms with van der Waals surface area (Å²) in [6.45, 7) is 1.07. The first-order valence-electron chi connectivity index (χ1n) is 9.04. The Bertz CT molecular complexity index is 1460. The van der Waals surface area contributed by atoms with Crippen LogP contribution in [0.4, 0.5) is 4.39 Å². The van der Waals surface area contributed by atoms with Crippen LogP contribution in [0.2, 0.25) is 5.02 Å². The number of thiazole rings is 1. The minimum atomic E-state index is -1.10. The van der Waals surface area contributed by atoms with Gasteiger partial charge in [0, 0.05) is 35.5 Å². The van der Waals surface area contributed by atoms with Gasteiger partial charge in [-0.05, 0) is 12.1 Å². The summed E-state index contributed by atoms with van der Waals surface area (Å²) in [4.78, 5) is 45.1. The number of hydrogen-bond donors (Lipinski definition) is 2. The second kappa shape index (κ2) is 8.56. The van der Waals surface area contributed by atoms with Gasteiger partial charge in [0.05, 0.1) is 17.0 Å². The van der Waals surface area contributed by atoms with Crippen molar-refractivity contribution in [3.05, 3.63) is 56.6 Å². The van der Waals surface area contributed by atoms with Crippen LogP contribution in [-0.4, -0.2) is 31.9 Å². The predicted octanol–water partition coefficient (Wildman–Crippen LogP) is 3.04. The van der Waals surface area contributed by atoms with E-state index in [-0.39, 0.29) is 27.4 Å². The number of ether oxygens (including phenoxy) is 1. The van der Waals surface area contributed by atoms with Gasteiger partial charge in [0.15, 0.2) is 11.3 Å². The lowest BCUT2D eigenvalue weighted by atomic mass is 10.1. The van der Waals surface area contributed by atoms with Crippen molar-refractivity contribution in [1.29, 1.82) is 0 Å². The van der Waals surface area contributed by atoms with Crippen LogP contribution in [-0.2, 0) is 16.0 Å². The first-order chi connectivity index (χ1) is 15.6. The molecule has 10 nitrogen and oxygen atoms in total. The zero-order chi connectivity index (χ0) is 23.9. The van der Waals surface area contributed by atoms with E-state index in [1.807, 2.05) is 0 Å². The number of aromatic nitrogens is 2. The maximum absolute atomic E-state index is 14.7.